The summed E-state index contributed by atoms with van der Waals surface area (Å²) in [4.78, 5) is 2.24. The first-order valence-electron chi connectivity index (χ1n) is 6.04. The van der Waals surface area contributed by atoms with Crippen LogP contribution in [0.5, 0.6) is 0 Å². The fraction of sp³-hybridized carbons (Fsp3) is 0.571. The highest BCUT2D eigenvalue weighted by Gasteiger charge is 2.19. The standard InChI is InChI=1S/C14H23NO/c1-4-12(2)14(11-16)15(3)10-13-8-6-5-7-9-13/h5-9,12,14,16H,4,10-11H2,1-3H3/t12-,14+/m0/s1. The van der Waals surface area contributed by atoms with Crippen molar-refractivity contribution in [2.45, 2.75) is 32.9 Å². The lowest BCUT2D eigenvalue weighted by Crippen LogP contribution is -2.39. The predicted molar refractivity (Wildman–Crippen MR) is 68.2 cm³/mol. The molecule has 0 fully saturated rings. The van der Waals surface area contributed by atoms with Crippen LogP contribution in [0.1, 0.15) is 25.8 Å². The van der Waals surface area contributed by atoms with Crippen molar-refractivity contribution in [3.05, 3.63) is 35.9 Å². The van der Waals surface area contributed by atoms with Gasteiger partial charge < -0.3 is 5.11 Å². The molecule has 1 aromatic rings. The second-order valence-electron chi connectivity index (χ2n) is 4.54. The van der Waals surface area contributed by atoms with Crippen molar-refractivity contribution in [3.63, 3.8) is 0 Å². The molecule has 16 heavy (non-hydrogen) atoms. The molecule has 0 aliphatic heterocycles. The van der Waals surface area contributed by atoms with Gasteiger partial charge >= 0.3 is 0 Å². The van der Waals surface area contributed by atoms with E-state index in [-0.39, 0.29) is 12.6 Å². The van der Waals surface area contributed by atoms with Crippen LogP contribution in [0.25, 0.3) is 0 Å². The Hall–Kier alpha value is -0.860. The smallest absolute Gasteiger partial charge is 0.0589 e. The maximum absolute atomic E-state index is 9.43. The van der Waals surface area contributed by atoms with E-state index in [1.165, 1.54) is 5.56 Å². The summed E-state index contributed by atoms with van der Waals surface area (Å²) in [6.07, 6.45) is 1.10. The van der Waals surface area contributed by atoms with Gasteiger partial charge in [-0.05, 0) is 18.5 Å². The number of hydrogen-bond acceptors (Lipinski definition) is 2. The topological polar surface area (TPSA) is 23.5 Å². The quantitative estimate of drug-likeness (QED) is 0.798. The maximum Gasteiger partial charge on any atom is 0.0589 e. The van der Waals surface area contributed by atoms with Crippen LogP contribution in [0, 0.1) is 5.92 Å². The van der Waals surface area contributed by atoms with Gasteiger partial charge in [0.25, 0.3) is 0 Å². The molecule has 0 aliphatic carbocycles. The van der Waals surface area contributed by atoms with Gasteiger partial charge in [0.05, 0.1) is 6.61 Å². The minimum Gasteiger partial charge on any atom is -0.395 e. The lowest BCUT2D eigenvalue weighted by molar-refractivity contribution is 0.0999. The molecule has 0 saturated heterocycles. The zero-order valence-corrected chi connectivity index (χ0v) is 10.6. The summed E-state index contributed by atoms with van der Waals surface area (Å²) in [5.41, 5.74) is 1.30. The number of benzene rings is 1. The fourth-order valence-corrected chi connectivity index (χ4v) is 2.01. The normalized spacial score (nSPS) is 15.1. The lowest BCUT2D eigenvalue weighted by Gasteiger charge is -2.31. The fourth-order valence-electron chi connectivity index (χ4n) is 2.01. The van der Waals surface area contributed by atoms with E-state index in [1.807, 2.05) is 6.07 Å². The lowest BCUT2D eigenvalue weighted by atomic mass is 9.98. The van der Waals surface area contributed by atoms with E-state index < -0.39 is 0 Å². The first-order chi connectivity index (χ1) is 7.69. The largest absolute Gasteiger partial charge is 0.395 e. The van der Waals surface area contributed by atoms with Gasteiger partial charge in [-0.25, -0.2) is 0 Å². The van der Waals surface area contributed by atoms with Gasteiger partial charge in [-0.1, -0.05) is 50.6 Å². The number of aliphatic hydroxyl groups excluding tert-OH is 1. The summed E-state index contributed by atoms with van der Waals surface area (Å²) >= 11 is 0. The van der Waals surface area contributed by atoms with Crippen molar-refractivity contribution in [3.8, 4) is 0 Å². The molecular formula is C14H23NO. The van der Waals surface area contributed by atoms with E-state index in [4.69, 9.17) is 0 Å². The van der Waals surface area contributed by atoms with Crippen molar-refractivity contribution in [2.24, 2.45) is 5.92 Å². The molecule has 0 amide bonds. The molecule has 0 saturated carbocycles. The molecule has 0 aliphatic rings. The van der Waals surface area contributed by atoms with Crippen LogP contribution < -0.4 is 0 Å². The van der Waals surface area contributed by atoms with E-state index in [1.54, 1.807) is 0 Å². The number of nitrogens with zero attached hydrogens (tertiary/aromatic N) is 1. The average molecular weight is 221 g/mol. The minimum atomic E-state index is 0.234. The van der Waals surface area contributed by atoms with Gasteiger partial charge in [0, 0.05) is 12.6 Å². The van der Waals surface area contributed by atoms with E-state index >= 15 is 0 Å². The Labute approximate surface area is 98.9 Å². The zero-order chi connectivity index (χ0) is 12.0. The number of likely N-dealkylation sites (N-methyl/N-ethyl adjacent to an activating group) is 1. The first kappa shape index (κ1) is 13.2. The van der Waals surface area contributed by atoms with Crippen LogP contribution in [0.4, 0.5) is 0 Å². The van der Waals surface area contributed by atoms with Crippen LogP contribution in [0.3, 0.4) is 0 Å². The molecular weight excluding hydrogens is 198 g/mol. The average Bonchev–Trinajstić information content (AvgIpc) is 2.31. The third kappa shape index (κ3) is 3.62. The molecule has 2 nitrogen and oxygen atoms in total. The monoisotopic (exact) mass is 221 g/mol. The molecule has 1 rings (SSSR count). The highest BCUT2D eigenvalue weighted by Crippen LogP contribution is 2.15. The summed E-state index contributed by atoms with van der Waals surface area (Å²) < 4.78 is 0. The van der Waals surface area contributed by atoms with E-state index in [2.05, 4.69) is 50.1 Å². The summed E-state index contributed by atoms with van der Waals surface area (Å²) in [6, 6.07) is 10.6. The third-order valence-electron chi connectivity index (χ3n) is 3.33. The Bertz CT molecular complexity index is 286. The van der Waals surface area contributed by atoms with Gasteiger partial charge in [0.1, 0.15) is 0 Å². The highest BCUT2D eigenvalue weighted by molar-refractivity contribution is 5.14. The zero-order valence-electron chi connectivity index (χ0n) is 10.6. The van der Waals surface area contributed by atoms with E-state index in [0.717, 1.165) is 13.0 Å². The Morgan fingerprint density at radius 2 is 1.88 bits per heavy atom. The SMILES string of the molecule is CC[C@H](C)[C@@H](CO)N(C)Cc1ccccc1. The van der Waals surface area contributed by atoms with Gasteiger partial charge in [-0.3, -0.25) is 4.90 Å². The summed E-state index contributed by atoms with van der Waals surface area (Å²) in [6.45, 7) is 5.50. The van der Waals surface area contributed by atoms with Crippen LogP contribution in [0.2, 0.25) is 0 Å². The molecule has 2 atom stereocenters. The summed E-state index contributed by atoms with van der Waals surface area (Å²) in [5.74, 6) is 0.527. The highest BCUT2D eigenvalue weighted by atomic mass is 16.3. The van der Waals surface area contributed by atoms with Crippen LogP contribution >= 0.6 is 0 Å². The van der Waals surface area contributed by atoms with Gasteiger partial charge in [-0.2, -0.15) is 0 Å². The summed E-state index contributed by atoms with van der Waals surface area (Å²) in [7, 11) is 2.08. The Balaban J connectivity index is 2.59. The molecule has 0 bridgehead atoms. The Kier molecular flexibility index (Phi) is 5.50. The minimum absolute atomic E-state index is 0.234. The van der Waals surface area contributed by atoms with Crippen LogP contribution in [-0.2, 0) is 6.54 Å². The number of aliphatic hydroxyl groups is 1. The maximum atomic E-state index is 9.43. The van der Waals surface area contributed by atoms with Crippen molar-refractivity contribution < 1.29 is 5.11 Å². The van der Waals surface area contributed by atoms with Crippen LogP contribution in [0.15, 0.2) is 30.3 Å². The molecule has 1 aromatic carbocycles. The number of hydrogen-bond donors (Lipinski definition) is 1. The molecule has 0 unspecified atom stereocenters. The second-order valence-corrected chi connectivity index (χ2v) is 4.54. The second kappa shape index (κ2) is 6.66. The first-order valence-corrected chi connectivity index (χ1v) is 6.04. The van der Waals surface area contributed by atoms with Crippen molar-refractivity contribution in [2.75, 3.05) is 13.7 Å². The van der Waals surface area contributed by atoms with Crippen LogP contribution in [-0.4, -0.2) is 29.7 Å². The Morgan fingerprint density at radius 1 is 1.25 bits per heavy atom. The van der Waals surface area contributed by atoms with Crippen molar-refractivity contribution in [1.82, 2.24) is 4.90 Å². The van der Waals surface area contributed by atoms with Crippen molar-refractivity contribution >= 4 is 0 Å². The van der Waals surface area contributed by atoms with E-state index in [9.17, 15) is 5.11 Å². The summed E-state index contributed by atoms with van der Waals surface area (Å²) in [5, 5.41) is 9.43. The molecule has 90 valence electrons. The van der Waals surface area contributed by atoms with Gasteiger partial charge in [-0.15, -0.1) is 0 Å². The molecule has 2 heteroatoms. The van der Waals surface area contributed by atoms with Gasteiger partial charge in [0.15, 0.2) is 0 Å². The molecule has 0 radical (unpaired) electrons. The predicted octanol–water partition coefficient (Wildman–Crippen LogP) is 2.53. The third-order valence-corrected chi connectivity index (χ3v) is 3.33. The number of rotatable bonds is 6. The molecule has 0 spiro atoms. The molecule has 0 heterocycles. The van der Waals surface area contributed by atoms with E-state index in [0.29, 0.717) is 5.92 Å². The van der Waals surface area contributed by atoms with Gasteiger partial charge in [0.2, 0.25) is 0 Å². The molecule has 0 aromatic heterocycles. The van der Waals surface area contributed by atoms with Crippen molar-refractivity contribution in [1.29, 1.82) is 0 Å². The molecule has 1 N–H and O–H groups in total. The Morgan fingerprint density at radius 3 is 2.38 bits per heavy atom.